The molecule has 0 saturated heterocycles. The fraction of sp³-hybridized carbons (Fsp3) is 0.188. The highest BCUT2D eigenvalue weighted by Gasteiger charge is 2.14. The molecule has 0 aliphatic heterocycles. The first kappa shape index (κ1) is 19.0. The van der Waals surface area contributed by atoms with Crippen molar-refractivity contribution in [3.05, 3.63) is 62.3 Å². The number of aliphatic hydroxyl groups excluding tert-OH is 1. The maximum atomic E-state index is 13.2. The lowest BCUT2D eigenvalue weighted by molar-refractivity contribution is 0.0843. The van der Waals surface area contributed by atoms with Crippen LogP contribution in [0.25, 0.3) is 0 Å². The second-order valence-corrected chi connectivity index (χ2v) is 6.49. The molecule has 0 aromatic heterocycles. The fourth-order valence-corrected chi connectivity index (χ4v) is 2.59. The molecule has 0 radical (unpaired) electrons. The van der Waals surface area contributed by atoms with Crippen molar-refractivity contribution in [1.29, 1.82) is 0 Å². The van der Waals surface area contributed by atoms with Gasteiger partial charge in [-0.15, -0.1) is 0 Å². The van der Waals surface area contributed by atoms with Crippen LogP contribution in [0.2, 0.25) is 10.0 Å². The number of ether oxygens (including phenoxy) is 1. The quantitative estimate of drug-likeness (QED) is 0.717. The first-order valence-electron chi connectivity index (χ1n) is 6.86. The first-order valence-corrected chi connectivity index (χ1v) is 8.41. The summed E-state index contributed by atoms with van der Waals surface area (Å²) in [5.41, 5.74) is 0.140. The number of carbonyl (C=O) groups is 1. The minimum Gasteiger partial charge on any atom is -0.489 e. The lowest BCUT2D eigenvalue weighted by Gasteiger charge is -2.14. The minimum absolute atomic E-state index is 0.0695. The molecule has 2 N–H and O–H groups in total. The van der Waals surface area contributed by atoms with E-state index in [2.05, 4.69) is 21.2 Å². The number of aliphatic hydroxyl groups is 1. The van der Waals surface area contributed by atoms with Crippen molar-refractivity contribution < 1.29 is 19.0 Å². The van der Waals surface area contributed by atoms with E-state index in [9.17, 15) is 14.3 Å². The van der Waals surface area contributed by atoms with Crippen molar-refractivity contribution in [3.63, 3.8) is 0 Å². The number of hydrogen-bond acceptors (Lipinski definition) is 3. The monoisotopic (exact) mass is 435 g/mol. The van der Waals surface area contributed by atoms with Crippen molar-refractivity contribution >= 4 is 45.0 Å². The highest BCUT2D eigenvalue weighted by Crippen LogP contribution is 2.31. The van der Waals surface area contributed by atoms with Crippen molar-refractivity contribution in [2.45, 2.75) is 6.10 Å². The Bertz CT molecular complexity index is 745. The Hall–Kier alpha value is -1.34. The van der Waals surface area contributed by atoms with Crippen LogP contribution < -0.4 is 10.1 Å². The third-order valence-electron chi connectivity index (χ3n) is 3.02. The summed E-state index contributed by atoms with van der Waals surface area (Å²) in [5.74, 6) is -0.702. The molecule has 0 bridgehead atoms. The van der Waals surface area contributed by atoms with Crippen LogP contribution in [0, 0.1) is 5.82 Å². The van der Waals surface area contributed by atoms with Gasteiger partial charge in [-0.3, -0.25) is 4.79 Å². The van der Waals surface area contributed by atoms with Gasteiger partial charge in [0, 0.05) is 11.0 Å². The lowest BCUT2D eigenvalue weighted by Crippen LogP contribution is -2.35. The average molecular weight is 437 g/mol. The third-order valence-corrected chi connectivity index (χ3v) is 4.51. The van der Waals surface area contributed by atoms with E-state index in [0.29, 0.717) is 15.2 Å². The second kappa shape index (κ2) is 8.67. The number of amides is 1. The predicted molar refractivity (Wildman–Crippen MR) is 94.4 cm³/mol. The number of carbonyl (C=O) groups excluding carboxylic acids is 1. The van der Waals surface area contributed by atoms with E-state index in [1.165, 1.54) is 12.1 Å². The topological polar surface area (TPSA) is 58.6 Å². The van der Waals surface area contributed by atoms with Crippen molar-refractivity contribution in [2.75, 3.05) is 13.2 Å². The van der Waals surface area contributed by atoms with Crippen LogP contribution in [-0.4, -0.2) is 30.3 Å². The molecular formula is C16H13BrCl2FNO3. The van der Waals surface area contributed by atoms with Gasteiger partial charge >= 0.3 is 0 Å². The average Bonchev–Trinajstić information content (AvgIpc) is 2.56. The van der Waals surface area contributed by atoms with Gasteiger partial charge in [0.25, 0.3) is 5.91 Å². The van der Waals surface area contributed by atoms with Crippen LogP contribution in [0.4, 0.5) is 4.39 Å². The third kappa shape index (κ3) is 5.08. The second-order valence-electron chi connectivity index (χ2n) is 4.85. The molecule has 0 fully saturated rings. The summed E-state index contributed by atoms with van der Waals surface area (Å²) in [5, 5.41) is 13.0. The standard InChI is InChI=1S/C16H13BrCl2FNO3/c17-12-5-4-9(20)6-11(12)16(23)21-7-10(22)8-24-14-3-1-2-13(18)15(14)19/h1-6,10,22H,7-8H2,(H,21,23). The summed E-state index contributed by atoms with van der Waals surface area (Å²) in [6, 6.07) is 8.67. The zero-order chi connectivity index (χ0) is 17.7. The van der Waals surface area contributed by atoms with E-state index < -0.39 is 17.8 Å². The number of halogens is 4. The Labute approximate surface area is 156 Å². The van der Waals surface area contributed by atoms with E-state index in [4.69, 9.17) is 27.9 Å². The van der Waals surface area contributed by atoms with Crippen LogP contribution in [0.15, 0.2) is 40.9 Å². The summed E-state index contributed by atoms with van der Waals surface area (Å²) in [6.07, 6.45) is -0.976. The highest BCUT2D eigenvalue weighted by atomic mass is 79.9. The Kier molecular flexibility index (Phi) is 6.86. The Balaban J connectivity index is 1.86. The molecule has 2 aromatic rings. The van der Waals surface area contributed by atoms with Crippen molar-refractivity contribution in [2.24, 2.45) is 0 Å². The molecule has 2 aromatic carbocycles. The molecule has 0 spiro atoms. The van der Waals surface area contributed by atoms with Crippen LogP contribution >= 0.6 is 39.1 Å². The lowest BCUT2D eigenvalue weighted by atomic mass is 10.2. The van der Waals surface area contributed by atoms with Crippen LogP contribution in [0.3, 0.4) is 0 Å². The number of nitrogens with one attached hydrogen (secondary N) is 1. The summed E-state index contributed by atoms with van der Waals surface area (Å²) in [7, 11) is 0. The maximum absolute atomic E-state index is 13.2. The Morgan fingerprint density at radius 3 is 2.83 bits per heavy atom. The normalized spacial score (nSPS) is 11.9. The van der Waals surface area contributed by atoms with Gasteiger partial charge in [-0.25, -0.2) is 4.39 Å². The minimum atomic E-state index is -0.976. The molecule has 8 heteroatoms. The molecule has 0 aliphatic carbocycles. The summed E-state index contributed by atoms with van der Waals surface area (Å²) < 4.78 is 19.0. The molecule has 2 rings (SSSR count). The van der Waals surface area contributed by atoms with Gasteiger partial charge in [-0.05, 0) is 46.3 Å². The van der Waals surface area contributed by atoms with E-state index in [1.807, 2.05) is 0 Å². The largest absolute Gasteiger partial charge is 0.489 e. The number of rotatable bonds is 6. The van der Waals surface area contributed by atoms with E-state index in [0.717, 1.165) is 6.07 Å². The molecule has 0 saturated carbocycles. The first-order chi connectivity index (χ1) is 11.4. The molecule has 4 nitrogen and oxygen atoms in total. The SMILES string of the molecule is O=C(NCC(O)COc1cccc(Cl)c1Cl)c1cc(F)ccc1Br. The van der Waals surface area contributed by atoms with Gasteiger partial charge < -0.3 is 15.2 Å². The van der Waals surface area contributed by atoms with Gasteiger partial charge in [0.15, 0.2) is 0 Å². The van der Waals surface area contributed by atoms with Gasteiger partial charge in [0.1, 0.15) is 29.3 Å². The molecule has 0 aliphatic rings. The van der Waals surface area contributed by atoms with E-state index in [-0.39, 0.29) is 23.7 Å². The van der Waals surface area contributed by atoms with Crippen molar-refractivity contribution in [3.8, 4) is 5.75 Å². The number of benzene rings is 2. The molecule has 128 valence electrons. The van der Waals surface area contributed by atoms with Gasteiger partial charge in [-0.1, -0.05) is 29.3 Å². The molecular weight excluding hydrogens is 424 g/mol. The van der Waals surface area contributed by atoms with E-state index >= 15 is 0 Å². The smallest absolute Gasteiger partial charge is 0.252 e. The Morgan fingerprint density at radius 2 is 2.08 bits per heavy atom. The van der Waals surface area contributed by atoms with Crippen LogP contribution in [0.5, 0.6) is 5.75 Å². The van der Waals surface area contributed by atoms with E-state index in [1.54, 1.807) is 18.2 Å². The fourth-order valence-electron chi connectivity index (χ4n) is 1.82. The Morgan fingerprint density at radius 1 is 1.33 bits per heavy atom. The molecule has 1 amide bonds. The zero-order valence-corrected chi connectivity index (χ0v) is 15.3. The van der Waals surface area contributed by atoms with Crippen LogP contribution in [0.1, 0.15) is 10.4 Å². The maximum Gasteiger partial charge on any atom is 0.252 e. The summed E-state index contributed by atoms with van der Waals surface area (Å²) in [4.78, 5) is 12.0. The molecule has 1 unspecified atom stereocenters. The summed E-state index contributed by atoms with van der Waals surface area (Å²) >= 11 is 15.0. The highest BCUT2D eigenvalue weighted by molar-refractivity contribution is 9.10. The predicted octanol–water partition coefficient (Wildman–Crippen LogP) is 4.06. The van der Waals surface area contributed by atoms with Crippen LogP contribution in [-0.2, 0) is 0 Å². The molecule has 1 atom stereocenters. The molecule has 24 heavy (non-hydrogen) atoms. The number of hydrogen-bond donors (Lipinski definition) is 2. The van der Waals surface area contributed by atoms with Gasteiger partial charge in [0.05, 0.1) is 10.6 Å². The molecule has 0 heterocycles. The zero-order valence-electron chi connectivity index (χ0n) is 12.2. The van der Waals surface area contributed by atoms with Gasteiger partial charge in [-0.2, -0.15) is 0 Å². The summed E-state index contributed by atoms with van der Waals surface area (Å²) in [6.45, 7) is -0.162. The van der Waals surface area contributed by atoms with Crippen molar-refractivity contribution in [1.82, 2.24) is 5.32 Å². The van der Waals surface area contributed by atoms with Gasteiger partial charge in [0.2, 0.25) is 0 Å².